The van der Waals surface area contributed by atoms with E-state index in [1.54, 1.807) is 6.07 Å². The van der Waals surface area contributed by atoms with Crippen molar-refractivity contribution in [2.24, 2.45) is 11.3 Å². The van der Waals surface area contributed by atoms with Gasteiger partial charge in [0.05, 0.1) is 0 Å². The molecule has 0 radical (unpaired) electrons. The van der Waals surface area contributed by atoms with Gasteiger partial charge < -0.3 is 10.2 Å². The van der Waals surface area contributed by atoms with Crippen molar-refractivity contribution in [2.45, 2.75) is 40.5 Å². The number of aryl methyl sites for hydroxylation is 1. The Morgan fingerprint density at radius 1 is 1.22 bits per heavy atom. The molecule has 0 spiro atoms. The van der Waals surface area contributed by atoms with E-state index in [0.717, 1.165) is 11.3 Å². The molecule has 1 fully saturated rings. The van der Waals surface area contributed by atoms with E-state index in [1.165, 1.54) is 0 Å². The first kappa shape index (κ1) is 17.8. The minimum absolute atomic E-state index is 0.0122. The molecule has 5 heteroatoms. The molecule has 0 aliphatic carbocycles. The maximum Gasteiger partial charge on any atom is 0.227 e. The smallest absolute Gasteiger partial charge is 0.227 e. The maximum absolute atomic E-state index is 12.4. The second-order valence-corrected chi connectivity index (χ2v) is 7.70. The fourth-order valence-electron chi connectivity index (χ4n) is 2.78. The molecule has 1 aromatic carbocycles. The van der Waals surface area contributed by atoms with Crippen LogP contribution in [-0.4, -0.2) is 29.8 Å². The first-order valence-electron chi connectivity index (χ1n) is 8.05. The van der Waals surface area contributed by atoms with Gasteiger partial charge in [0.15, 0.2) is 0 Å². The number of carbonyl (C=O) groups excluding carboxylic acids is 2. The number of halogens is 1. The minimum Gasteiger partial charge on any atom is -0.342 e. The van der Waals surface area contributed by atoms with Gasteiger partial charge in [-0.3, -0.25) is 9.59 Å². The standard InChI is InChI=1S/C18H25ClN2O2/c1-12-5-6-14(19)11-15(12)20-16(22)13-7-9-21(10-8-13)17(23)18(2,3)4/h5-6,11,13H,7-10H2,1-4H3,(H,20,22). The molecule has 0 atom stereocenters. The van der Waals surface area contributed by atoms with E-state index in [4.69, 9.17) is 11.6 Å². The van der Waals surface area contributed by atoms with Crippen molar-refractivity contribution in [1.29, 1.82) is 0 Å². The van der Waals surface area contributed by atoms with Crippen molar-refractivity contribution in [3.63, 3.8) is 0 Å². The summed E-state index contributed by atoms with van der Waals surface area (Å²) in [5, 5.41) is 3.58. The molecule has 1 aliphatic heterocycles. The second-order valence-electron chi connectivity index (χ2n) is 7.26. The van der Waals surface area contributed by atoms with Crippen LogP contribution < -0.4 is 5.32 Å². The fraction of sp³-hybridized carbons (Fsp3) is 0.556. The first-order valence-corrected chi connectivity index (χ1v) is 8.42. The van der Waals surface area contributed by atoms with Crippen LogP contribution in [0.5, 0.6) is 0 Å². The molecule has 0 saturated carbocycles. The molecule has 1 aromatic rings. The zero-order chi connectivity index (χ0) is 17.2. The van der Waals surface area contributed by atoms with Crippen molar-refractivity contribution in [1.82, 2.24) is 4.90 Å². The van der Waals surface area contributed by atoms with E-state index < -0.39 is 0 Å². The largest absolute Gasteiger partial charge is 0.342 e. The van der Waals surface area contributed by atoms with Crippen LogP contribution in [0.2, 0.25) is 5.02 Å². The normalized spacial score (nSPS) is 16.3. The molecule has 2 rings (SSSR count). The summed E-state index contributed by atoms with van der Waals surface area (Å²) in [4.78, 5) is 26.6. The number of hydrogen-bond donors (Lipinski definition) is 1. The van der Waals surface area contributed by atoms with Gasteiger partial charge in [-0.2, -0.15) is 0 Å². The Hall–Kier alpha value is -1.55. The van der Waals surface area contributed by atoms with Crippen molar-refractivity contribution in [2.75, 3.05) is 18.4 Å². The summed E-state index contributed by atoms with van der Waals surface area (Å²) in [6.45, 7) is 9.00. The SMILES string of the molecule is Cc1ccc(Cl)cc1NC(=O)C1CCN(C(=O)C(C)(C)C)CC1. The van der Waals surface area contributed by atoms with Gasteiger partial charge in [-0.25, -0.2) is 0 Å². The van der Waals surface area contributed by atoms with E-state index in [0.29, 0.717) is 31.0 Å². The van der Waals surface area contributed by atoms with E-state index in [1.807, 2.05) is 44.7 Å². The van der Waals surface area contributed by atoms with Crippen LogP contribution in [0, 0.1) is 18.3 Å². The topological polar surface area (TPSA) is 49.4 Å². The highest BCUT2D eigenvalue weighted by atomic mass is 35.5. The Labute approximate surface area is 143 Å². The third-order valence-corrected chi connectivity index (χ3v) is 4.49. The van der Waals surface area contributed by atoms with Crippen LogP contribution in [0.25, 0.3) is 0 Å². The van der Waals surface area contributed by atoms with Crippen molar-refractivity contribution >= 4 is 29.1 Å². The summed E-state index contributed by atoms with van der Waals surface area (Å²) in [5.74, 6) is 0.109. The lowest BCUT2D eigenvalue weighted by molar-refractivity contribution is -0.142. The number of piperidine rings is 1. The number of nitrogens with one attached hydrogen (secondary N) is 1. The molecule has 1 saturated heterocycles. The minimum atomic E-state index is -0.368. The molecular weight excluding hydrogens is 312 g/mol. The monoisotopic (exact) mass is 336 g/mol. The van der Waals surface area contributed by atoms with Crippen LogP contribution >= 0.6 is 11.6 Å². The summed E-state index contributed by atoms with van der Waals surface area (Å²) in [6, 6.07) is 5.47. The second kappa shape index (κ2) is 6.91. The van der Waals surface area contributed by atoms with Gasteiger partial charge >= 0.3 is 0 Å². The van der Waals surface area contributed by atoms with Gasteiger partial charge in [-0.1, -0.05) is 38.4 Å². The molecule has 0 unspecified atom stereocenters. The molecule has 4 nitrogen and oxygen atoms in total. The number of anilines is 1. The molecule has 1 aliphatic rings. The van der Waals surface area contributed by atoms with Gasteiger partial charge in [0, 0.05) is 35.1 Å². The third-order valence-electron chi connectivity index (χ3n) is 4.25. The Morgan fingerprint density at radius 3 is 2.39 bits per heavy atom. The summed E-state index contributed by atoms with van der Waals surface area (Å²) in [5.41, 5.74) is 1.38. The van der Waals surface area contributed by atoms with Crippen molar-refractivity contribution in [3.8, 4) is 0 Å². The van der Waals surface area contributed by atoms with Crippen LogP contribution in [-0.2, 0) is 9.59 Å². The number of rotatable bonds is 2. The Kier molecular flexibility index (Phi) is 5.35. The summed E-state index contributed by atoms with van der Waals surface area (Å²) >= 11 is 5.99. The molecule has 0 aromatic heterocycles. The Morgan fingerprint density at radius 2 is 1.83 bits per heavy atom. The third kappa shape index (κ3) is 4.47. The van der Waals surface area contributed by atoms with Gasteiger partial charge in [-0.05, 0) is 37.5 Å². The van der Waals surface area contributed by atoms with Gasteiger partial charge in [-0.15, -0.1) is 0 Å². The number of amides is 2. The number of carbonyl (C=O) groups is 2. The van der Waals surface area contributed by atoms with E-state index in [-0.39, 0.29) is 23.1 Å². The molecule has 0 bridgehead atoms. The predicted molar refractivity (Wildman–Crippen MR) is 93.6 cm³/mol. The Balaban J connectivity index is 1.94. The highest BCUT2D eigenvalue weighted by Gasteiger charge is 2.32. The van der Waals surface area contributed by atoms with Crippen LogP contribution in [0.15, 0.2) is 18.2 Å². The molecular formula is C18H25ClN2O2. The lowest BCUT2D eigenvalue weighted by atomic mass is 9.90. The lowest BCUT2D eigenvalue weighted by Crippen LogP contribution is -2.45. The highest BCUT2D eigenvalue weighted by Crippen LogP contribution is 2.26. The van der Waals surface area contributed by atoms with Crippen LogP contribution in [0.1, 0.15) is 39.2 Å². The number of nitrogens with zero attached hydrogens (tertiary/aromatic N) is 1. The molecule has 126 valence electrons. The highest BCUT2D eigenvalue weighted by molar-refractivity contribution is 6.31. The van der Waals surface area contributed by atoms with Gasteiger partial charge in [0.1, 0.15) is 0 Å². The average molecular weight is 337 g/mol. The summed E-state index contributed by atoms with van der Waals surface area (Å²) in [6.07, 6.45) is 1.40. The maximum atomic E-state index is 12.4. The van der Waals surface area contributed by atoms with E-state index in [9.17, 15) is 9.59 Å². The molecule has 1 N–H and O–H groups in total. The van der Waals surface area contributed by atoms with Crippen LogP contribution in [0.3, 0.4) is 0 Å². The van der Waals surface area contributed by atoms with E-state index >= 15 is 0 Å². The molecule has 2 amide bonds. The first-order chi connectivity index (χ1) is 10.7. The quantitative estimate of drug-likeness (QED) is 0.891. The fourth-order valence-corrected chi connectivity index (χ4v) is 2.95. The molecule has 1 heterocycles. The lowest BCUT2D eigenvalue weighted by Gasteiger charge is -2.35. The van der Waals surface area contributed by atoms with Crippen LogP contribution in [0.4, 0.5) is 5.69 Å². The van der Waals surface area contributed by atoms with Crippen molar-refractivity contribution < 1.29 is 9.59 Å². The molecule has 23 heavy (non-hydrogen) atoms. The zero-order valence-corrected chi connectivity index (χ0v) is 15.0. The summed E-state index contributed by atoms with van der Waals surface area (Å²) < 4.78 is 0. The zero-order valence-electron chi connectivity index (χ0n) is 14.3. The number of benzene rings is 1. The number of hydrogen-bond acceptors (Lipinski definition) is 2. The average Bonchev–Trinajstić information content (AvgIpc) is 2.49. The van der Waals surface area contributed by atoms with Gasteiger partial charge in [0.25, 0.3) is 0 Å². The number of likely N-dealkylation sites (tertiary alicyclic amines) is 1. The Bertz CT molecular complexity index is 600. The van der Waals surface area contributed by atoms with E-state index in [2.05, 4.69) is 5.32 Å². The van der Waals surface area contributed by atoms with Gasteiger partial charge in [0.2, 0.25) is 11.8 Å². The summed E-state index contributed by atoms with van der Waals surface area (Å²) in [7, 11) is 0. The van der Waals surface area contributed by atoms with Crippen molar-refractivity contribution in [3.05, 3.63) is 28.8 Å². The predicted octanol–water partition coefficient (Wildman–Crippen LogP) is 3.87.